The summed E-state index contributed by atoms with van der Waals surface area (Å²) >= 11 is 0. The molecule has 1 unspecified atom stereocenters. The van der Waals surface area contributed by atoms with Crippen LogP contribution < -0.4 is 10.5 Å². The number of nitrogens with two attached hydrogens (primary N) is 1. The second kappa shape index (κ2) is 9.55. The summed E-state index contributed by atoms with van der Waals surface area (Å²) in [5.74, 6) is 0.163. The predicted molar refractivity (Wildman–Crippen MR) is 141 cm³/mol. The van der Waals surface area contributed by atoms with E-state index in [9.17, 15) is 9.90 Å². The lowest BCUT2D eigenvalue weighted by atomic mass is 10.00. The summed E-state index contributed by atoms with van der Waals surface area (Å²) in [4.78, 5) is 15.6. The number of carbonyl (C=O) groups is 1. The van der Waals surface area contributed by atoms with Crippen LogP contribution in [0.4, 0.5) is 5.82 Å². The van der Waals surface area contributed by atoms with E-state index in [1.807, 2.05) is 28.9 Å². The number of nitrogen functional groups attached to an aromatic ring is 1. The van der Waals surface area contributed by atoms with Crippen molar-refractivity contribution in [2.45, 2.75) is 25.5 Å². The van der Waals surface area contributed by atoms with Gasteiger partial charge in [0.25, 0.3) is 0 Å². The van der Waals surface area contributed by atoms with Gasteiger partial charge in [-0.2, -0.15) is 5.10 Å². The lowest BCUT2D eigenvalue weighted by molar-refractivity contribution is -0.136. The molecule has 8 heteroatoms. The summed E-state index contributed by atoms with van der Waals surface area (Å²) in [5, 5.41) is 17.2. The minimum absolute atomic E-state index is 0.100. The maximum absolute atomic E-state index is 11.3. The Morgan fingerprint density at radius 1 is 1.08 bits per heavy atom. The van der Waals surface area contributed by atoms with Gasteiger partial charge in [-0.25, -0.2) is 4.98 Å². The Bertz CT molecular complexity index is 1620. The third kappa shape index (κ3) is 4.47. The lowest BCUT2D eigenvalue weighted by Crippen LogP contribution is -2.15. The Kier molecular flexibility index (Phi) is 5.94. The molecule has 0 aliphatic carbocycles. The van der Waals surface area contributed by atoms with Crippen molar-refractivity contribution in [1.82, 2.24) is 14.8 Å². The summed E-state index contributed by atoms with van der Waals surface area (Å²) in [5.41, 5.74) is 10.6. The van der Waals surface area contributed by atoms with Gasteiger partial charge in [-0.1, -0.05) is 36.4 Å². The molecule has 1 fully saturated rings. The van der Waals surface area contributed by atoms with Gasteiger partial charge in [0, 0.05) is 29.1 Å². The monoisotopic (exact) mass is 494 g/mol. The first-order chi connectivity index (χ1) is 18.1. The van der Waals surface area contributed by atoms with Gasteiger partial charge in [0.2, 0.25) is 0 Å². The topological polar surface area (TPSA) is 112 Å². The van der Waals surface area contributed by atoms with Crippen LogP contribution in [0.25, 0.3) is 32.8 Å². The highest BCUT2D eigenvalue weighted by molar-refractivity contribution is 5.95. The minimum atomic E-state index is -0.898. The number of aliphatic carboxylic acids is 1. The van der Waals surface area contributed by atoms with E-state index in [1.165, 1.54) is 0 Å². The highest BCUT2D eigenvalue weighted by Crippen LogP contribution is 2.33. The maximum atomic E-state index is 11.3. The van der Waals surface area contributed by atoms with Crippen molar-refractivity contribution < 1.29 is 19.4 Å². The molecule has 6 rings (SSSR count). The predicted octanol–water partition coefficient (Wildman–Crippen LogP) is 5.00. The van der Waals surface area contributed by atoms with E-state index in [-0.39, 0.29) is 19.1 Å². The Labute approximate surface area is 213 Å². The van der Waals surface area contributed by atoms with E-state index >= 15 is 0 Å². The average molecular weight is 495 g/mol. The fourth-order valence-corrected chi connectivity index (χ4v) is 4.96. The largest absolute Gasteiger partial charge is 0.487 e. The fraction of sp³-hybridized carbons (Fsp3) is 0.207. The van der Waals surface area contributed by atoms with Crippen molar-refractivity contribution in [3.8, 4) is 16.9 Å². The minimum Gasteiger partial charge on any atom is -0.487 e. The number of hydrogen-bond donors (Lipinski definition) is 2. The molecule has 1 aliphatic heterocycles. The third-order valence-corrected chi connectivity index (χ3v) is 6.86. The number of ether oxygens (including phenoxy) is 2. The molecule has 3 aromatic carbocycles. The third-order valence-electron chi connectivity index (χ3n) is 6.86. The molecule has 37 heavy (non-hydrogen) atoms. The Morgan fingerprint density at radius 2 is 1.89 bits per heavy atom. The van der Waals surface area contributed by atoms with Gasteiger partial charge in [-0.15, -0.1) is 0 Å². The Hall–Kier alpha value is -4.43. The molecule has 3 N–H and O–H groups in total. The molecule has 1 atom stereocenters. The number of hydrogen-bond acceptors (Lipinski definition) is 6. The van der Waals surface area contributed by atoms with Crippen LogP contribution in [0.15, 0.2) is 72.9 Å². The van der Waals surface area contributed by atoms with Gasteiger partial charge in [0.1, 0.15) is 18.2 Å². The van der Waals surface area contributed by atoms with Crippen LogP contribution in [0.2, 0.25) is 0 Å². The molecule has 0 saturated carbocycles. The number of para-hydroxylation sites is 1. The van der Waals surface area contributed by atoms with Gasteiger partial charge in [0.05, 0.1) is 30.3 Å². The number of pyridine rings is 1. The number of fused-ring (bicyclic) bond motifs is 2. The first-order valence-electron chi connectivity index (χ1n) is 12.2. The van der Waals surface area contributed by atoms with Gasteiger partial charge in [-0.05, 0) is 53.3 Å². The molecule has 0 spiro atoms. The molecule has 186 valence electrons. The molecule has 8 nitrogen and oxygen atoms in total. The van der Waals surface area contributed by atoms with Crippen LogP contribution in [0.1, 0.15) is 23.7 Å². The van der Waals surface area contributed by atoms with Crippen molar-refractivity contribution in [2.75, 3.05) is 18.9 Å². The molecule has 3 heterocycles. The second-order valence-electron chi connectivity index (χ2n) is 9.24. The maximum Gasteiger partial charge on any atom is 0.307 e. The van der Waals surface area contributed by atoms with Crippen LogP contribution in [-0.2, 0) is 22.6 Å². The highest BCUT2D eigenvalue weighted by atomic mass is 16.5. The summed E-state index contributed by atoms with van der Waals surface area (Å²) in [7, 11) is 0. The van der Waals surface area contributed by atoms with Gasteiger partial charge >= 0.3 is 5.97 Å². The smallest absolute Gasteiger partial charge is 0.307 e. The summed E-state index contributed by atoms with van der Waals surface area (Å²) in [6.45, 7) is 1.54. The van der Waals surface area contributed by atoms with E-state index in [2.05, 4.69) is 35.3 Å². The number of aromatic nitrogens is 3. The highest BCUT2D eigenvalue weighted by Gasteiger charge is 2.24. The molecule has 1 saturated heterocycles. The molecule has 0 radical (unpaired) electrons. The standard InChI is InChI=1S/C29H26N4O4/c30-29-23-13-19(6-5-18(23)9-11-31-29)20-7-8-25-24(14-20)26(33(32-25)22-10-12-36-16-22)17-37-27-4-2-1-3-21(27)15-28(34)35/h1-9,11,13-14,22H,10,12,15-17H2,(H2,30,31)(H,34,35). The number of benzene rings is 3. The van der Waals surface area contributed by atoms with Crippen LogP contribution in [0.3, 0.4) is 0 Å². The van der Waals surface area contributed by atoms with Gasteiger partial charge in [-0.3, -0.25) is 9.48 Å². The molecule has 5 aromatic rings. The summed E-state index contributed by atoms with van der Waals surface area (Å²) in [6, 6.07) is 21.7. The first-order valence-corrected chi connectivity index (χ1v) is 12.2. The quantitative estimate of drug-likeness (QED) is 0.327. The van der Waals surface area contributed by atoms with Crippen LogP contribution in [0.5, 0.6) is 5.75 Å². The van der Waals surface area contributed by atoms with E-state index in [4.69, 9.17) is 20.3 Å². The van der Waals surface area contributed by atoms with E-state index in [0.717, 1.165) is 44.9 Å². The normalized spacial score (nSPS) is 15.4. The van der Waals surface area contributed by atoms with Gasteiger partial charge in [0.15, 0.2) is 0 Å². The number of carboxylic acids is 1. The number of anilines is 1. The van der Waals surface area contributed by atoms with Crippen molar-refractivity contribution in [2.24, 2.45) is 0 Å². The SMILES string of the molecule is Nc1nccc2ccc(-c3ccc4nn(C5CCOC5)c(COc5ccccc5CC(=O)O)c4c3)cc12. The molecule has 2 aromatic heterocycles. The zero-order chi connectivity index (χ0) is 25.4. The lowest BCUT2D eigenvalue weighted by Gasteiger charge is -2.15. The van der Waals surface area contributed by atoms with Gasteiger partial charge < -0.3 is 20.3 Å². The summed E-state index contributed by atoms with van der Waals surface area (Å²) in [6.07, 6.45) is 2.49. The Balaban J connectivity index is 1.41. The van der Waals surface area contributed by atoms with E-state index < -0.39 is 5.97 Å². The molecular formula is C29H26N4O4. The van der Waals surface area contributed by atoms with Crippen molar-refractivity contribution in [3.05, 3.63) is 84.2 Å². The van der Waals surface area contributed by atoms with Crippen LogP contribution in [0, 0.1) is 0 Å². The first kappa shape index (κ1) is 23.0. The zero-order valence-corrected chi connectivity index (χ0v) is 20.1. The van der Waals surface area contributed by atoms with Crippen molar-refractivity contribution in [1.29, 1.82) is 0 Å². The molecule has 1 aliphatic rings. The molecule has 0 amide bonds. The van der Waals surface area contributed by atoms with Crippen LogP contribution >= 0.6 is 0 Å². The van der Waals surface area contributed by atoms with Crippen molar-refractivity contribution in [3.63, 3.8) is 0 Å². The zero-order valence-electron chi connectivity index (χ0n) is 20.1. The number of carboxylic acid groups (broad SMARTS) is 1. The van der Waals surface area contributed by atoms with E-state index in [1.54, 1.807) is 18.3 Å². The summed E-state index contributed by atoms with van der Waals surface area (Å²) < 4.78 is 13.9. The number of rotatable bonds is 7. The average Bonchev–Trinajstić information content (AvgIpc) is 3.56. The fourth-order valence-electron chi connectivity index (χ4n) is 4.96. The second-order valence-corrected chi connectivity index (χ2v) is 9.24. The van der Waals surface area contributed by atoms with E-state index in [0.29, 0.717) is 30.3 Å². The molecular weight excluding hydrogens is 468 g/mol. The Morgan fingerprint density at radius 3 is 2.70 bits per heavy atom. The molecule has 0 bridgehead atoms. The van der Waals surface area contributed by atoms with Crippen molar-refractivity contribution >= 4 is 33.5 Å². The number of nitrogens with zero attached hydrogens (tertiary/aromatic N) is 3. The van der Waals surface area contributed by atoms with Crippen LogP contribution in [-0.4, -0.2) is 39.1 Å².